The SMILES string of the molecule is Cc1ccc(NC(=O)c2nn(C(C)OP(=O)(O)O)c(Cl)c2F)c(F)c1. The van der Waals surface area contributed by atoms with Crippen molar-refractivity contribution in [2.24, 2.45) is 0 Å². The van der Waals surface area contributed by atoms with Gasteiger partial charge in [-0.3, -0.25) is 9.32 Å². The fourth-order valence-electron chi connectivity index (χ4n) is 1.93. The molecule has 0 bridgehead atoms. The molecule has 1 aromatic heterocycles. The number of carbonyl (C=O) groups is 1. The molecule has 0 fully saturated rings. The van der Waals surface area contributed by atoms with Crippen molar-refractivity contribution in [2.75, 3.05) is 5.32 Å². The summed E-state index contributed by atoms with van der Waals surface area (Å²) in [4.78, 5) is 29.6. The van der Waals surface area contributed by atoms with Crippen LogP contribution in [0.2, 0.25) is 5.15 Å². The number of aryl methyl sites for hydroxylation is 1. The topological polar surface area (TPSA) is 114 Å². The summed E-state index contributed by atoms with van der Waals surface area (Å²) in [5, 5.41) is 4.98. The van der Waals surface area contributed by atoms with Crippen LogP contribution in [0.3, 0.4) is 0 Å². The number of benzene rings is 1. The Balaban J connectivity index is 2.29. The number of nitrogens with zero attached hydrogens (tertiary/aromatic N) is 2. The second-order valence-corrected chi connectivity index (χ2v) is 6.58. The van der Waals surface area contributed by atoms with Crippen molar-refractivity contribution in [3.8, 4) is 0 Å². The lowest BCUT2D eigenvalue weighted by Crippen LogP contribution is -2.16. The highest BCUT2D eigenvalue weighted by Crippen LogP contribution is 2.41. The molecule has 0 saturated carbocycles. The molecule has 0 aliphatic heterocycles. The minimum absolute atomic E-state index is 0.194. The number of aromatic nitrogens is 2. The van der Waals surface area contributed by atoms with Crippen molar-refractivity contribution < 1.29 is 32.5 Å². The van der Waals surface area contributed by atoms with Crippen molar-refractivity contribution in [3.63, 3.8) is 0 Å². The second kappa shape index (κ2) is 7.19. The molecule has 1 aromatic carbocycles. The standard InChI is InChI=1S/C13H13ClF2N3O5P/c1-6-3-4-9(8(15)5-6)17-13(20)11-10(16)12(14)19(18-11)7(2)24-25(21,22)23/h3-5,7H,1-2H3,(H,17,20)(H2,21,22,23). The molecule has 3 N–H and O–H groups in total. The molecule has 1 heterocycles. The van der Waals surface area contributed by atoms with Crippen molar-refractivity contribution in [1.29, 1.82) is 0 Å². The third-order valence-corrected chi connectivity index (χ3v) is 3.94. The van der Waals surface area contributed by atoms with Crippen LogP contribution >= 0.6 is 19.4 Å². The number of nitrogens with one attached hydrogen (secondary N) is 1. The average molecular weight is 396 g/mol. The molecular weight excluding hydrogens is 383 g/mol. The lowest BCUT2D eigenvalue weighted by atomic mass is 10.2. The zero-order valence-electron chi connectivity index (χ0n) is 12.9. The predicted octanol–water partition coefficient (Wildman–Crippen LogP) is 3.00. The molecule has 8 nitrogen and oxygen atoms in total. The summed E-state index contributed by atoms with van der Waals surface area (Å²) in [7, 11) is -4.89. The van der Waals surface area contributed by atoms with Crippen LogP contribution in [0.25, 0.3) is 0 Å². The summed E-state index contributed by atoms with van der Waals surface area (Å²) in [5.74, 6) is -3.06. The van der Waals surface area contributed by atoms with E-state index in [9.17, 15) is 18.1 Å². The highest BCUT2D eigenvalue weighted by atomic mass is 35.5. The van der Waals surface area contributed by atoms with E-state index < -0.39 is 42.4 Å². The molecule has 0 spiro atoms. The van der Waals surface area contributed by atoms with Gasteiger partial charge in [0.25, 0.3) is 5.91 Å². The Bertz CT molecular complexity index is 870. The Morgan fingerprint density at radius 1 is 1.44 bits per heavy atom. The molecule has 2 aromatic rings. The van der Waals surface area contributed by atoms with Crippen LogP contribution in [0.15, 0.2) is 18.2 Å². The van der Waals surface area contributed by atoms with Gasteiger partial charge < -0.3 is 15.1 Å². The van der Waals surface area contributed by atoms with Crippen LogP contribution in [0.1, 0.15) is 29.2 Å². The lowest BCUT2D eigenvalue weighted by molar-refractivity contribution is 0.0875. The molecule has 1 amide bonds. The normalized spacial score (nSPS) is 12.9. The minimum Gasteiger partial charge on any atom is -0.318 e. The number of phosphoric acid groups is 1. The predicted molar refractivity (Wildman–Crippen MR) is 84.1 cm³/mol. The van der Waals surface area contributed by atoms with Crippen LogP contribution in [-0.4, -0.2) is 25.5 Å². The molecule has 2 rings (SSSR count). The minimum atomic E-state index is -4.89. The number of phosphoric ester groups is 1. The van der Waals surface area contributed by atoms with E-state index in [0.717, 1.165) is 6.92 Å². The largest absolute Gasteiger partial charge is 0.471 e. The zero-order chi connectivity index (χ0) is 18.9. The molecular formula is C13H13ClF2N3O5P. The fraction of sp³-hybridized carbons (Fsp3) is 0.231. The number of amides is 1. The van der Waals surface area contributed by atoms with Crippen LogP contribution in [0.4, 0.5) is 14.5 Å². The van der Waals surface area contributed by atoms with Crippen molar-refractivity contribution in [1.82, 2.24) is 9.78 Å². The quantitative estimate of drug-likeness (QED) is 0.671. The van der Waals surface area contributed by atoms with Gasteiger partial charge in [0.2, 0.25) is 0 Å². The van der Waals surface area contributed by atoms with Gasteiger partial charge in [-0.1, -0.05) is 17.7 Å². The van der Waals surface area contributed by atoms with Crippen LogP contribution in [0.5, 0.6) is 0 Å². The monoisotopic (exact) mass is 395 g/mol. The fourth-order valence-corrected chi connectivity index (χ4v) is 2.68. The molecule has 0 radical (unpaired) electrons. The summed E-state index contributed by atoms with van der Waals surface area (Å²) in [6.07, 6.45) is -1.46. The summed E-state index contributed by atoms with van der Waals surface area (Å²) >= 11 is 5.68. The van der Waals surface area contributed by atoms with Gasteiger partial charge in [-0.2, -0.15) is 5.10 Å². The number of carbonyl (C=O) groups excluding carboxylic acids is 1. The van der Waals surface area contributed by atoms with Gasteiger partial charge >= 0.3 is 7.82 Å². The van der Waals surface area contributed by atoms with E-state index in [4.69, 9.17) is 21.4 Å². The van der Waals surface area contributed by atoms with Gasteiger partial charge in [0.15, 0.2) is 22.9 Å². The Kier molecular flexibility index (Phi) is 5.60. The van der Waals surface area contributed by atoms with Crippen molar-refractivity contribution in [3.05, 3.63) is 46.2 Å². The highest BCUT2D eigenvalue weighted by molar-refractivity contribution is 7.46. The van der Waals surface area contributed by atoms with Crippen molar-refractivity contribution in [2.45, 2.75) is 20.1 Å². The lowest BCUT2D eigenvalue weighted by Gasteiger charge is -2.14. The Morgan fingerprint density at radius 2 is 2.08 bits per heavy atom. The maximum atomic E-state index is 14.1. The van der Waals surface area contributed by atoms with Crippen LogP contribution in [0, 0.1) is 18.6 Å². The van der Waals surface area contributed by atoms with E-state index in [1.807, 2.05) is 0 Å². The molecule has 1 unspecified atom stereocenters. The van der Waals surface area contributed by atoms with Crippen LogP contribution in [-0.2, 0) is 9.09 Å². The molecule has 25 heavy (non-hydrogen) atoms. The van der Waals surface area contributed by atoms with E-state index in [0.29, 0.717) is 10.2 Å². The maximum Gasteiger partial charge on any atom is 0.471 e. The molecule has 1 atom stereocenters. The summed E-state index contributed by atoms with van der Waals surface area (Å²) in [6.45, 7) is 2.79. The smallest absolute Gasteiger partial charge is 0.318 e. The summed E-state index contributed by atoms with van der Waals surface area (Å²) in [5.41, 5.74) is -0.358. The van der Waals surface area contributed by atoms with Gasteiger partial charge in [-0.25, -0.2) is 18.0 Å². The molecule has 12 heteroatoms. The van der Waals surface area contributed by atoms with E-state index >= 15 is 0 Å². The number of hydrogen-bond donors (Lipinski definition) is 3. The first kappa shape index (κ1) is 19.5. The highest BCUT2D eigenvalue weighted by Gasteiger charge is 2.28. The third-order valence-electron chi connectivity index (χ3n) is 3.02. The first-order valence-corrected chi connectivity index (χ1v) is 8.65. The number of hydrogen-bond acceptors (Lipinski definition) is 4. The Labute approximate surface area is 145 Å². The first-order chi connectivity index (χ1) is 11.5. The van der Waals surface area contributed by atoms with Gasteiger partial charge in [0.05, 0.1) is 5.69 Å². The van der Waals surface area contributed by atoms with Crippen molar-refractivity contribution >= 4 is 31.0 Å². The average Bonchev–Trinajstić information content (AvgIpc) is 2.77. The summed E-state index contributed by atoms with van der Waals surface area (Å²) in [6, 6.07) is 4.00. The second-order valence-electron chi connectivity index (χ2n) is 5.03. The van der Waals surface area contributed by atoms with E-state index in [-0.39, 0.29) is 5.69 Å². The van der Waals surface area contributed by atoms with Crippen LogP contribution < -0.4 is 5.32 Å². The van der Waals surface area contributed by atoms with Gasteiger partial charge in [-0.05, 0) is 31.5 Å². The third kappa shape index (κ3) is 4.62. The molecule has 136 valence electrons. The molecule has 0 saturated heterocycles. The van der Waals surface area contributed by atoms with Gasteiger partial charge in [0, 0.05) is 0 Å². The maximum absolute atomic E-state index is 14.1. The van der Waals surface area contributed by atoms with E-state index in [2.05, 4.69) is 14.9 Å². The number of halogens is 3. The van der Waals surface area contributed by atoms with E-state index in [1.165, 1.54) is 18.2 Å². The number of rotatable bonds is 5. The molecule has 0 aliphatic carbocycles. The zero-order valence-corrected chi connectivity index (χ0v) is 14.6. The Morgan fingerprint density at radius 3 is 2.64 bits per heavy atom. The number of anilines is 1. The Hall–Kier alpha value is -1.84. The van der Waals surface area contributed by atoms with E-state index in [1.54, 1.807) is 6.92 Å². The molecule has 0 aliphatic rings. The van der Waals surface area contributed by atoms with Gasteiger partial charge in [0.1, 0.15) is 5.82 Å². The summed E-state index contributed by atoms with van der Waals surface area (Å²) < 4.78 is 43.6. The first-order valence-electron chi connectivity index (χ1n) is 6.74. The van der Waals surface area contributed by atoms with Gasteiger partial charge in [-0.15, -0.1) is 0 Å².